The second-order valence-electron chi connectivity index (χ2n) is 14.4. The molecule has 1 aromatic rings. The van der Waals surface area contributed by atoms with Gasteiger partial charge in [0.2, 0.25) is 5.78 Å². The summed E-state index contributed by atoms with van der Waals surface area (Å²) in [5, 5.41) is 45.7. The third-order valence-corrected chi connectivity index (χ3v) is 11.5. The van der Waals surface area contributed by atoms with E-state index in [0.29, 0.717) is 17.9 Å². The Morgan fingerprint density at radius 3 is 2.37 bits per heavy atom. The topological polar surface area (TPSA) is 188 Å². The van der Waals surface area contributed by atoms with E-state index in [-0.39, 0.29) is 23.3 Å². The van der Waals surface area contributed by atoms with Crippen molar-refractivity contribution < 1.29 is 44.3 Å². The number of hydrogen-bond donors (Lipinski definition) is 5. The zero-order chi connectivity index (χ0) is 33.2. The highest BCUT2D eigenvalue weighted by Crippen LogP contribution is 2.57. The maximum Gasteiger partial charge on any atom is 0.306 e. The summed E-state index contributed by atoms with van der Waals surface area (Å²) < 4.78 is 6.16. The number of phenolic OH excluding ortho intramolecular Hbond substituents is 1. The number of carbonyl (C=O) groups is 4. The molecule has 3 saturated carbocycles. The van der Waals surface area contributed by atoms with Crippen molar-refractivity contribution in [3.8, 4) is 5.75 Å². The number of ketones is 2. The number of likely N-dealkylation sites (N-methyl/N-ethyl adjacent to an activating group) is 1. The third-order valence-electron chi connectivity index (χ3n) is 11.5. The number of nitrogens with zero attached hydrogens (tertiary/aromatic N) is 1. The number of benzene rings is 1. The number of amides is 1. The smallest absolute Gasteiger partial charge is 0.306 e. The van der Waals surface area contributed by atoms with Gasteiger partial charge in [-0.25, -0.2) is 0 Å². The van der Waals surface area contributed by atoms with Gasteiger partial charge in [-0.15, -0.1) is 0 Å². The van der Waals surface area contributed by atoms with Crippen molar-refractivity contribution in [1.29, 1.82) is 0 Å². The van der Waals surface area contributed by atoms with Crippen LogP contribution in [0.5, 0.6) is 5.75 Å². The van der Waals surface area contributed by atoms with E-state index in [1.807, 2.05) is 0 Å². The number of primary amides is 1. The lowest BCUT2D eigenvalue weighted by molar-refractivity contribution is -0.185. The fraction of sp³-hybridized carbons (Fsp3) is 0.600. The van der Waals surface area contributed by atoms with E-state index < -0.39 is 76.0 Å². The summed E-state index contributed by atoms with van der Waals surface area (Å²) in [5.41, 5.74) is 1.68. The summed E-state index contributed by atoms with van der Waals surface area (Å²) in [7, 11) is 3.01. The molecule has 0 spiro atoms. The lowest BCUT2D eigenvalue weighted by Crippen LogP contribution is -2.71. The van der Waals surface area contributed by atoms with Gasteiger partial charge in [0.15, 0.2) is 11.4 Å². The molecule has 6 rings (SSSR count). The zero-order valence-electron chi connectivity index (χ0n) is 26.6. The van der Waals surface area contributed by atoms with Gasteiger partial charge in [-0.2, -0.15) is 0 Å². The van der Waals surface area contributed by atoms with Gasteiger partial charge in [-0.05, 0) is 81.5 Å². The van der Waals surface area contributed by atoms with E-state index in [4.69, 9.17) is 10.5 Å². The molecule has 11 nitrogen and oxygen atoms in total. The molecule has 2 bridgehead atoms. The second-order valence-corrected chi connectivity index (χ2v) is 14.4. The Labute approximate surface area is 268 Å². The lowest BCUT2D eigenvalue weighted by Gasteiger charge is -2.54. The van der Waals surface area contributed by atoms with Gasteiger partial charge < -0.3 is 30.9 Å². The van der Waals surface area contributed by atoms with Crippen LogP contribution in [-0.4, -0.2) is 80.6 Å². The Kier molecular flexibility index (Phi) is 8.29. The minimum atomic E-state index is -2.94. The monoisotopic (exact) mass is 636 g/mol. The Bertz CT molecular complexity index is 1530. The summed E-state index contributed by atoms with van der Waals surface area (Å²) in [5.74, 6) is -7.37. The van der Waals surface area contributed by atoms with Gasteiger partial charge in [0.1, 0.15) is 28.9 Å². The van der Waals surface area contributed by atoms with Crippen LogP contribution in [0.4, 0.5) is 0 Å². The van der Waals surface area contributed by atoms with Crippen molar-refractivity contribution in [2.24, 2.45) is 35.3 Å². The predicted molar refractivity (Wildman–Crippen MR) is 166 cm³/mol. The van der Waals surface area contributed by atoms with Gasteiger partial charge in [0.05, 0.1) is 17.5 Å². The summed E-state index contributed by atoms with van der Waals surface area (Å²) in [6.45, 7) is 1.74. The first kappa shape index (κ1) is 32.2. The molecule has 8 atom stereocenters. The fourth-order valence-electron chi connectivity index (χ4n) is 9.54. The number of esters is 1. The minimum absolute atomic E-state index is 0.0198. The third kappa shape index (κ3) is 4.94. The van der Waals surface area contributed by atoms with Gasteiger partial charge >= 0.3 is 5.97 Å². The molecule has 6 N–H and O–H groups in total. The first-order valence-electron chi connectivity index (χ1n) is 16.4. The van der Waals surface area contributed by atoms with E-state index in [0.717, 1.165) is 18.3 Å². The number of aliphatic hydroxyl groups excluding tert-OH is 2. The number of phenols is 1. The second kappa shape index (κ2) is 11.8. The van der Waals surface area contributed by atoms with E-state index in [1.54, 1.807) is 19.1 Å². The molecule has 3 unspecified atom stereocenters. The lowest BCUT2D eigenvalue weighted by atomic mass is 9.54. The number of rotatable bonds is 7. The molecule has 5 aliphatic carbocycles. The Morgan fingerprint density at radius 2 is 1.74 bits per heavy atom. The van der Waals surface area contributed by atoms with Crippen molar-refractivity contribution in [2.75, 3.05) is 14.1 Å². The predicted octanol–water partition coefficient (Wildman–Crippen LogP) is 3.43. The molecule has 0 saturated heterocycles. The molecule has 0 aromatic heterocycles. The van der Waals surface area contributed by atoms with Crippen molar-refractivity contribution in [1.82, 2.24) is 4.90 Å². The molecule has 3 fully saturated rings. The molecule has 0 aliphatic heterocycles. The Hall–Kier alpha value is -3.70. The normalized spacial score (nSPS) is 35.4. The molecule has 248 valence electrons. The van der Waals surface area contributed by atoms with Crippen LogP contribution in [0.15, 0.2) is 35.1 Å². The zero-order valence-corrected chi connectivity index (χ0v) is 26.6. The maximum atomic E-state index is 14.3. The van der Waals surface area contributed by atoms with Gasteiger partial charge in [-0.1, -0.05) is 38.3 Å². The van der Waals surface area contributed by atoms with E-state index >= 15 is 0 Å². The van der Waals surface area contributed by atoms with E-state index in [2.05, 4.69) is 0 Å². The number of aromatic hydroxyl groups is 1. The van der Waals surface area contributed by atoms with Crippen molar-refractivity contribution in [2.45, 2.75) is 88.4 Å². The first-order chi connectivity index (χ1) is 21.8. The molecular formula is C35H44N2O9. The summed E-state index contributed by atoms with van der Waals surface area (Å²) in [4.78, 5) is 55.5. The van der Waals surface area contributed by atoms with Crippen molar-refractivity contribution in [3.05, 3.63) is 46.2 Å². The molecule has 5 aliphatic rings. The molecular weight excluding hydrogens is 592 g/mol. The maximum absolute atomic E-state index is 14.3. The molecule has 0 heterocycles. The average Bonchev–Trinajstić information content (AvgIpc) is 2.98. The fourth-order valence-corrected chi connectivity index (χ4v) is 9.54. The highest BCUT2D eigenvalue weighted by Gasteiger charge is 2.69. The van der Waals surface area contributed by atoms with Gasteiger partial charge in [0.25, 0.3) is 5.91 Å². The highest BCUT2D eigenvalue weighted by molar-refractivity contribution is 6.24. The number of fused-ring (bicyclic) bond motifs is 5. The van der Waals surface area contributed by atoms with Gasteiger partial charge in [0, 0.05) is 17.9 Å². The SMILES string of the molecule is C[C@H]1c2cccc(O)c2C(O)=C2C(=O)[C@]3(O)C(O)=C(C(N)=O)C(=O)C(N(C)C)[C@@H]3[C@@H](OC(=O)CCCC3CC4CCCC(C3)C4)[C@@H]21. The van der Waals surface area contributed by atoms with Crippen LogP contribution >= 0.6 is 0 Å². The molecule has 1 amide bonds. The largest absolute Gasteiger partial charge is 0.508 e. The summed E-state index contributed by atoms with van der Waals surface area (Å²) >= 11 is 0. The van der Waals surface area contributed by atoms with Crippen molar-refractivity contribution in [3.63, 3.8) is 0 Å². The Balaban J connectivity index is 1.39. The number of carbonyl (C=O) groups excluding carboxylic acids is 4. The molecule has 46 heavy (non-hydrogen) atoms. The van der Waals surface area contributed by atoms with Crippen LogP contribution in [-0.2, 0) is 23.9 Å². The van der Waals surface area contributed by atoms with Crippen LogP contribution in [0.2, 0.25) is 0 Å². The molecule has 1 aromatic carbocycles. The highest BCUT2D eigenvalue weighted by atomic mass is 16.5. The first-order valence-corrected chi connectivity index (χ1v) is 16.4. The standard InChI is InChI=1S/C35H44N2O9/c1-16-20-10-6-11-21(38)24(20)29(40)25-23(16)31(46-22(39)12-5-9-19-14-17-7-4-8-18(13-17)15-19)27-28(37(2)3)30(41)26(34(36)44)33(43)35(27,45)32(25)42/h6,10-11,16-19,23,27-28,31,38,40,43,45H,4-5,7-9,12-15H2,1-3H3,(H2,36,44)/t16-,17?,18?,19?,23+,27+,28?,31-,35-/m0/s1. The average molecular weight is 637 g/mol. The van der Waals surface area contributed by atoms with Crippen LogP contribution < -0.4 is 5.73 Å². The number of aliphatic hydroxyl groups is 3. The van der Waals surface area contributed by atoms with E-state index in [1.165, 1.54) is 63.6 Å². The molecule has 11 heteroatoms. The van der Waals surface area contributed by atoms with E-state index in [9.17, 15) is 39.6 Å². The van der Waals surface area contributed by atoms with Crippen LogP contribution in [0.1, 0.15) is 81.8 Å². The Morgan fingerprint density at radius 1 is 1.07 bits per heavy atom. The number of hydrogen-bond acceptors (Lipinski definition) is 10. The quantitative estimate of drug-likeness (QED) is 0.219. The van der Waals surface area contributed by atoms with Crippen molar-refractivity contribution >= 4 is 29.2 Å². The minimum Gasteiger partial charge on any atom is -0.508 e. The van der Waals surface area contributed by atoms with Gasteiger partial charge in [-0.3, -0.25) is 24.1 Å². The van der Waals surface area contributed by atoms with Crippen LogP contribution in [0.25, 0.3) is 5.76 Å². The number of nitrogens with two attached hydrogens (primary N) is 1. The summed E-state index contributed by atoms with van der Waals surface area (Å²) in [6.07, 6.45) is 7.63. The number of ether oxygens (including phenoxy) is 1. The summed E-state index contributed by atoms with van der Waals surface area (Å²) in [6, 6.07) is 3.21. The molecule has 0 radical (unpaired) electrons. The van der Waals surface area contributed by atoms with Crippen LogP contribution in [0.3, 0.4) is 0 Å². The van der Waals surface area contributed by atoms with Crippen LogP contribution in [0, 0.1) is 29.6 Å². The number of Topliss-reactive ketones (excluding diaryl/α,β-unsaturated/α-hetero) is 2.